The summed E-state index contributed by atoms with van der Waals surface area (Å²) in [7, 11) is 0. The Morgan fingerprint density at radius 1 is 0.684 bits per heavy atom. The molecule has 0 fully saturated rings. The summed E-state index contributed by atoms with van der Waals surface area (Å²) in [5, 5.41) is 0. The van der Waals surface area contributed by atoms with Crippen LogP contribution in [0.5, 0.6) is 0 Å². The lowest BCUT2D eigenvalue weighted by molar-refractivity contribution is 0.381. The van der Waals surface area contributed by atoms with Gasteiger partial charge in [0.25, 0.3) is 0 Å². The van der Waals surface area contributed by atoms with Gasteiger partial charge in [0.15, 0.2) is 23.3 Å². The van der Waals surface area contributed by atoms with Crippen LogP contribution in [-0.2, 0) is 0 Å². The van der Waals surface area contributed by atoms with Crippen molar-refractivity contribution >= 4 is 22.6 Å². The first kappa shape index (κ1) is 14.2. The summed E-state index contributed by atoms with van der Waals surface area (Å²) in [5.41, 5.74) is -1.37. The molecule has 19 heavy (non-hydrogen) atoms. The Balaban J connectivity index is 2.79. The van der Waals surface area contributed by atoms with Crippen LogP contribution < -0.4 is 0 Å². The van der Waals surface area contributed by atoms with Crippen molar-refractivity contribution < 1.29 is 26.3 Å². The summed E-state index contributed by atoms with van der Waals surface area (Å²) in [5.74, 6) is -10.8. The van der Waals surface area contributed by atoms with Crippen molar-refractivity contribution in [3.05, 3.63) is 56.7 Å². The van der Waals surface area contributed by atoms with E-state index in [1.807, 2.05) is 0 Å². The van der Waals surface area contributed by atoms with Gasteiger partial charge in [-0.2, -0.15) is 0 Å². The van der Waals surface area contributed by atoms with Crippen molar-refractivity contribution in [1.82, 2.24) is 0 Å². The molecule has 2 aromatic rings. The van der Waals surface area contributed by atoms with E-state index in [2.05, 4.69) is 0 Å². The van der Waals surface area contributed by atoms with Gasteiger partial charge in [0.2, 0.25) is 5.82 Å². The molecule has 2 aromatic carbocycles. The third-order valence-electron chi connectivity index (χ3n) is 2.42. The molecular weight excluding hydrogens is 385 g/mol. The lowest BCUT2D eigenvalue weighted by atomic mass is 10.0. The number of hydrogen-bond donors (Lipinski definition) is 0. The lowest BCUT2D eigenvalue weighted by Crippen LogP contribution is -2.04. The highest BCUT2D eigenvalue weighted by Gasteiger charge is 2.26. The van der Waals surface area contributed by atoms with Gasteiger partial charge in [-0.3, -0.25) is 0 Å². The molecule has 0 aliphatic carbocycles. The second-order valence-corrected chi connectivity index (χ2v) is 4.74. The Morgan fingerprint density at radius 3 is 1.63 bits per heavy atom. The zero-order valence-corrected chi connectivity index (χ0v) is 11.0. The molecule has 0 aromatic heterocycles. The molecule has 7 heteroatoms. The average molecular weight is 388 g/mol. The van der Waals surface area contributed by atoms with E-state index in [1.54, 1.807) is 22.6 Å². The molecule has 0 nitrogen and oxygen atoms in total. The maximum Gasteiger partial charge on any atom is 0.200 e. The summed E-state index contributed by atoms with van der Waals surface area (Å²) in [6.45, 7) is 0. The van der Waals surface area contributed by atoms with E-state index < -0.39 is 40.5 Å². The second kappa shape index (κ2) is 5.03. The lowest BCUT2D eigenvalue weighted by Gasteiger charge is -2.09. The van der Waals surface area contributed by atoms with E-state index in [0.717, 1.165) is 18.2 Å². The predicted octanol–water partition coefficient (Wildman–Crippen LogP) is 4.79. The Labute approximate surface area is 117 Å². The van der Waals surface area contributed by atoms with Crippen LogP contribution >= 0.6 is 22.6 Å². The summed E-state index contributed by atoms with van der Waals surface area (Å²) < 4.78 is 79.0. The first-order valence-corrected chi connectivity index (χ1v) is 5.89. The second-order valence-electron chi connectivity index (χ2n) is 3.57. The number of rotatable bonds is 1. The van der Waals surface area contributed by atoms with Gasteiger partial charge in [0, 0.05) is 3.57 Å². The van der Waals surface area contributed by atoms with Crippen LogP contribution in [0.2, 0.25) is 0 Å². The van der Waals surface area contributed by atoms with E-state index in [9.17, 15) is 26.3 Å². The Hall–Kier alpha value is -1.25. The first-order valence-electron chi connectivity index (χ1n) is 4.81. The Morgan fingerprint density at radius 2 is 1.16 bits per heavy atom. The maximum absolute atomic E-state index is 13.5. The smallest absolute Gasteiger partial charge is 0.200 e. The number of benzene rings is 2. The molecule has 2 rings (SSSR count). The highest BCUT2D eigenvalue weighted by Crippen LogP contribution is 2.32. The maximum atomic E-state index is 13.5. The largest absolute Gasteiger partial charge is 0.206 e. The van der Waals surface area contributed by atoms with Crippen molar-refractivity contribution in [2.45, 2.75) is 0 Å². The fourth-order valence-corrected chi connectivity index (χ4v) is 2.03. The van der Waals surface area contributed by atoms with Gasteiger partial charge >= 0.3 is 0 Å². The van der Waals surface area contributed by atoms with E-state index in [0.29, 0.717) is 0 Å². The zero-order chi connectivity index (χ0) is 14.3. The topological polar surface area (TPSA) is 0 Å². The summed E-state index contributed by atoms with van der Waals surface area (Å²) in [4.78, 5) is 0. The van der Waals surface area contributed by atoms with Gasteiger partial charge in [0.05, 0.1) is 5.56 Å². The fourth-order valence-electron chi connectivity index (χ4n) is 1.51. The molecule has 100 valence electrons. The summed E-state index contributed by atoms with van der Waals surface area (Å²) in [6, 6.07) is 2.82. The van der Waals surface area contributed by atoms with Crippen molar-refractivity contribution in [2.75, 3.05) is 0 Å². The van der Waals surface area contributed by atoms with Crippen LogP contribution in [0.4, 0.5) is 26.3 Å². The van der Waals surface area contributed by atoms with Crippen molar-refractivity contribution in [3.63, 3.8) is 0 Å². The Bertz CT molecular complexity index is 639. The monoisotopic (exact) mass is 388 g/mol. The van der Waals surface area contributed by atoms with E-state index in [4.69, 9.17) is 0 Å². The standard InChI is InChI=1S/C12H3F6I/c13-5-2-1-4(3-6(5)19)7-8(14)10(16)12(18)11(17)9(7)15/h1-3H. The molecule has 0 radical (unpaired) electrons. The van der Waals surface area contributed by atoms with Crippen LogP contribution in [0.1, 0.15) is 0 Å². The van der Waals surface area contributed by atoms with Gasteiger partial charge in [-0.15, -0.1) is 0 Å². The molecule has 0 unspecified atom stereocenters. The molecule has 0 amide bonds. The molecule has 0 saturated carbocycles. The molecule has 0 aliphatic heterocycles. The molecule has 0 aliphatic rings. The van der Waals surface area contributed by atoms with Gasteiger partial charge in [-0.25, -0.2) is 26.3 Å². The predicted molar refractivity (Wildman–Crippen MR) is 64.3 cm³/mol. The van der Waals surface area contributed by atoms with Crippen LogP contribution in [0.3, 0.4) is 0 Å². The zero-order valence-electron chi connectivity index (χ0n) is 8.88. The van der Waals surface area contributed by atoms with Crippen LogP contribution in [-0.4, -0.2) is 0 Å². The highest BCUT2D eigenvalue weighted by atomic mass is 127. The third kappa shape index (κ3) is 2.31. The number of halogens is 7. The molecule has 0 atom stereocenters. The fraction of sp³-hybridized carbons (Fsp3) is 0. The molecular formula is C12H3F6I. The SMILES string of the molecule is Fc1ccc(-c2c(F)c(F)c(F)c(F)c2F)cc1I. The summed E-state index contributed by atoms with van der Waals surface area (Å²) >= 11 is 1.54. The minimum Gasteiger partial charge on any atom is -0.206 e. The average Bonchev–Trinajstić information content (AvgIpc) is 2.38. The van der Waals surface area contributed by atoms with E-state index >= 15 is 0 Å². The van der Waals surface area contributed by atoms with Crippen LogP contribution in [0.25, 0.3) is 11.1 Å². The number of hydrogen-bond acceptors (Lipinski definition) is 0. The summed E-state index contributed by atoms with van der Waals surface area (Å²) in [6.07, 6.45) is 0. The molecule has 0 heterocycles. The van der Waals surface area contributed by atoms with Gasteiger partial charge < -0.3 is 0 Å². The highest BCUT2D eigenvalue weighted by molar-refractivity contribution is 14.1. The van der Waals surface area contributed by atoms with Gasteiger partial charge in [-0.1, -0.05) is 6.07 Å². The molecule has 0 spiro atoms. The minimum atomic E-state index is -2.23. The van der Waals surface area contributed by atoms with E-state index in [1.165, 1.54) is 0 Å². The Kier molecular flexibility index (Phi) is 3.75. The molecule has 0 N–H and O–H groups in total. The molecule has 0 bridgehead atoms. The van der Waals surface area contributed by atoms with Crippen LogP contribution in [0, 0.1) is 38.5 Å². The van der Waals surface area contributed by atoms with Gasteiger partial charge in [0.1, 0.15) is 5.82 Å². The van der Waals surface area contributed by atoms with E-state index in [-0.39, 0.29) is 9.13 Å². The quantitative estimate of drug-likeness (QED) is 0.285. The van der Waals surface area contributed by atoms with Crippen molar-refractivity contribution in [1.29, 1.82) is 0 Å². The van der Waals surface area contributed by atoms with Crippen molar-refractivity contribution in [2.24, 2.45) is 0 Å². The normalized spacial score (nSPS) is 10.9. The minimum absolute atomic E-state index is 0.000888. The van der Waals surface area contributed by atoms with Gasteiger partial charge in [-0.05, 0) is 40.3 Å². The molecule has 0 saturated heterocycles. The third-order valence-corrected chi connectivity index (χ3v) is 3.24. The first-order chi connectivity index (χ1) is 8.84. The van der Waals surface area contributed by atoms with Crippen LogP contribution in [0.15, 0.2) is 18.2 Å². The van der Waals surface area contributed by atoms with Crippen molar-refractivity contribution in [3.8, 4) is 11.1 Å².